The second kappa shape index (κ2) is 8.11. The summed E-state index contributed by atoms with van der Waals surface area (Å²) in [6, 6.07) is -0.232. The van der Waals surface area contributed by atoms with E-state index in [1.54, 1.807) is 0 Å². The minimum absolute atomic E-state index is 0.0867. The van der Waals surface area contributed by atoms with Crippen molar-refractivity contribution in [1.82, 2.24) is 15.1 Å². The highest BCUT2D eigenvalue weighted by atomic mass is 16.2. The average molecular weight is 416 g/mol. The Morgan fingerprint density at radius 3 is 2.13 bits per heavy atom. The molecule has 2 heterocycles. The molecule has 3 atom stereocenters. The average Bonchev–Trinajstić information content (AvgIpc) is 3.15. The molecule has 30 heavy (non-hydrogen) atoms. The van der Waals surface area contributed by atoms with Crippen LogP contribution in [0.5, 0.6) is 0 Å². The first-order valence-corrected chi connectivity index (χ1v) is 12.7. The molecular formula is C25H41N3O2. The Balaban J connectivity index is 1.17. The second-order valence-electron chi connectivity index (χ2n) is 11.9. The Kier molecular flexibility index (Phi) is 5.62. The van der Waals surface area contributed by atoms with Gasteiger partial charge in [0.1, 0.15) is 6.04 Å². The molecule has 2 aliphatic heterocycles. The number of nitrogens with zero attached hydrogens (tertiary/aromatic N) is 2. The van der Waals surface area contributed by atoms with E-state index in [2.05, 4.69) is 24.1 Å². The molecular weight excluding hydrogens is 374 g/mol. The van der Waals surface area contributed by atoms with Gasteiger partial charge in [-0.3, -0.25) is 9.59 Å². The second-order valence-corrected chi connectivity index (χ2v) is 11.9. The third kappa shape index (κ3) is 3.91. The highest BCUT2D eigenvalue weighted by molar-refractivity contribution is 5.91. The first-order chi connectivity index (χ1) is 14.4. The molecule has 168 valence electrons. The van der Waals surface area contributed by atoms with Gasteiger partial charge < -0.3 is 15.1 Å². The molecule has 4 aliphatic carbocycles. The van der Waals surface area contributed by atoms with Crippen LogP contribution < -0.4 is 5.32 Å². The zero-order chi connectivity index (χ0) is 20.9. The standard InChI is InChI=1S/C25H41N3O2/c1-17-8-18(2)16-27(15-17)7-5-26-23(29)22-4-3-6-28(22)24(30)25-12-19-9-20(13-25)11-21(10-19)14-25/h17-22H,3-16H2,1-2H3,(H,26,29). The Morgan fingerprint density at radius 2 is 1.53 bits per heavy atom. The van der Waals surface area contributed by atoms with Crippen molar-refractivity contribution in [3.05, 3.63) is 0 Å². The number of rotatable bonds is 5. The van der Waals surface area contributed by atoms with E-state index in [-0.39, 0.29) is 17.4 Å². The van der Waals surface area contributed by atoms with Crippen LogP contribution >= 0.6 is 0 Å². The van der Waals surface area contributed by atoms with Crippen LogP contribution in [0.1, 0.15) is 71.6 Å². The summed E-state index contributed by atoms with van der Waals surface area (Å²) >= 11 is 0. The van der Waals surface area contributed by atoms with Crippen molar-refractivity contribution < 1.29 is 9.59 Å². The van der Waals surface area contributed by atoms with Crippen molar-refractivity contribution in [1.29, 1.82) is 0 Å². The molecule has 4 bridgehead atoms. The van der Waals surface area contributed by atoms with E-state index in [1.165, 1.54) is 25.7 Å². The first-order valence-electron chi connectivity index (χ1n) is 12.7. The summed E-state index contributed by atoms with van der Waals surface area (Å²) in [5, 5.41) is 3.19. The van der Waals surface area contributed by atoms with E-state index in [0.29, 0.717) is 12.5 Å². The van der Waals surface area contributed by atoms with Crippen LogP contribution in [-0.4, -0.2) is 60.4 Å². The molecule has 0 aromatic rings. The van der Waals surface area contributed by atoms with Gasteiger partial charge in [0.25, 0.3) is 0 Å². The van der Waals surface area contributed by atoms with Crippen LogP contribution in [0.15, 0.2) is 0 Å². The normalized spacial score (nSPS) is 43.2. The van der Waals surface area contributed by atoms with Gasteiger partial charge in [-0.05, 0) is 87.4 Å². The van der Waals surface area contributed by atoms with Crippen LogP contribution in [0.4, 0.5) is 0 Å². The fraction of sp³-hybridized carbons (Fsp3) is 0.920. The summed E-state index contributed by atoms with van der Waals surface area (Å²) in [5.41, 5.74) is -0.127. The minimum atomic E-state index is -0.232. The number of hydrogen-bond donors (Lipinski definition) is 1. The molecule has 1 N–H and O–H groups in total. The number of piperidine rings is 1. The summed E-state index contributed by atoms with van der Waals surface area (Å²) in [5.74, 6) is 4.21. The maximum absolute atomic E-state index is 13.7. The number of likely N-dealkylation sites (tertiary alicyclic amines) is 2. The first kappa shape index (κ1) is 20.8. The quantitative estimate of drug-likeness (QED) is 0.750. The smallest absolute Gasteiger partial charge is 0.242 e. The summed E-state index contributed by atoms with van der Waals surface area (Å²) in [6.07, 6.45) is 10.4. The van der Waals surface area contributed by atoms with Crippen molar-refractivity contribution in [2.75, 3.05) is 32.7 Å². The number of nitrogens with one attached hydrogen (secondary N) is 1. The molecule has 5 nitrogen and oxygen atoms in total. The summed E-state index contributed by atoms with van der Waals surface area (Å²) in [7, 11) is 0. The third-order valence-corrected chi connectivity index (χ3v) is 8.98. The lowest BCUT2D eigenvalue weighted by Gasteiger charge is -2.56. The molecule has 5 heteroatoms. The summed E-state index contributed by atoms with van der Waals surface area (Å²) in [4.78, 5) is 31.3. The van der Waals surface area contributed by atoms with Gasteiger partial charge in [0.05, 0.1) is 5.41 Å². The van der Waals surface area contributed by atoms with Crippen LogP contribution in [-0.2, 0) is 9.59 Å². The Morgan fingerprint density at radius 1 is 0.933 bits per heavy atom. The summed E-state index contributed by atoms with van der Waals surface area (Å²) in [6.45, 7) is 9.34. The topological polar surface area (TPSA) is 52.7 Å². The fourth-order valence-electron chi connectivity index (χ4n) is 8.39. The molecule has 0 spiro atoms. The van der Waals surface area contributed by atoms with Gasteiger partial charge in [-0.15, -0.1) is 0 Å². The van der Waals surface area contributed by atoms with E-state index in [4.69, 9.17) is 0 Å². The van der Waals surface area contributed by atoms with Crippen molar-refractivity contribution >= 4 is 11.8 Å². The number of carbonyl (C=O) groups excluding carboxylic acids is 2. The lowest BCUT2D eigenvalue weighted by Crippen LogP contribution is -2.57. The van der Waals surface area contributed by atoms with E-state index >= 15 is 0 Å². The lowest BCUT2D eigenvalue weighted by molar-refractivity contribution is -0.160. The molecule has 3 unspecified atom stereocenters. The molecule has 0 radical (unpaired) electrons. The monoisotopic (exact) mass is 415 g/mol. The van der Waals surface area contributed by atoms with Gasteiger partial charge in [-0.25, -0.2) is 0 Å². The van der Waals surface area contributed by atoms with E-state index < -0.39 is 0 Å². The van der Waals surface area contributed by atoms with Crippen LogP contribution in [0.2, 0.25) is 0 Å². The molecule has 6 rings (SSSR count). The van der Waals surface area contributed by atoms with Crippen molar-refractivity contribution in [2.45, 2.75) is 77.7 Å². The maximum atomic E-state index is 13.7. The van der Waals surface area contributed by atoms with E-state index in [0.717, 1.165) is 87.9 Å². The van der Waals surface area contributed by atoms with E-state index in [9.17, 15) is 9.59 Å². The Labute approximate surface area is 182 Å². The number of amides is 2. The lowest BCUT2D eigenvalue weighted by atomic mass is 9.49. The highest BCUT2D eigenvalue weighted by Gasteiger charge is 2.56. The SMILES string of the molecule is CC1CC(C)CN(CCNC(=O)C2CCCN2C(=O)C23CC4CC(CC(C4)C2)C3)C1. The van der Waals surface area contributed by atoms with Crippen LogP contribution in [0.3, 0.4) is 0 Å². The molecule has 2 saturated heterocycles. The van der Waals surface area contributed by atoms with Gasteiger partial charge in [-0.2, -0.15) is 0 Å². The molecule has 0 aromatic heterocycles. The van der Waals surface area contributed by atoms with Crippen molar-refractivity contribution in [3.63, 3.8) is 0 Å². The predicted molar refractivity (Wildman–Crippen MR) is 118 cm³/mol. The zero-order valence-corrected chi connectivity index (χ0v) is 19.1. The third-order valence-electron chi connectivity index (χ3n) is 8.98. The van der Waals surface area contributed by atoms with Gasteiger partial charge in [-0.1, -0.05) is 13.8 Å². The highest BCUT2D eigenvalue weighted by Crippen LogP contribution is 2.60. The van der Waals surface area contributed by atoms with Crippen molar-refractivity contribution in [2.24, 2.45) is 35.0 Å². The van der Waals surface area contributed by atoms with Gasteiger partial charge in [0.15, 0.2) is 0 Å². The largest absolute Gasteiger partial charge is 0.353 e. The molecule has 4 saturated carbocycles. The number of hydrogen-bond acceptors (Lipinski definition) is 3. The zero-order valence-electron chi connectivity index (χ0n) is 19.1. The van der Waals surface area contributed by atoms with Crippen LogP contribution in [0, 0.1) is 35.0 Å². The molecule has 6 aliphatic rings. The molecule has 0 aromatic carbocycles. The van der Waals surface area contributed by atoms with Gasteiger partial charge in [0.2, 0.25) is 11.8 Å². The van der Waals surface area contributed by atoms with Crippen LogP contribution in [0.25, 0.3) is 0 Å². The number of carbonyl (C=O) groups is 2. The molecule has 2 amide bonds. The van der Waals surface area contributed by atoms with Gasteiger partial charge >= 0.3 is 0 Å². The summed E-state index contributed by atoms with van der Waals surface area (Å²) < 4.78 is 0. The predicted octanol–water partition coefficient (Wildman–Crippen LogP) is 3.29. The molecule has 6 fully saturated rings. The van der Waals surface area contributed by atoms with Crippen molar-refractivity contribution in [3.8, 4) is 0 Å². The Hall–Kier alpha value is -1.10. The fourth-order valence-corrected chi connectivity index (χ4v) is 8.39. The maximum Gasteiger partial charge on any atom is 0.242 e. The van der Waals surface area contributed by atoms with E-state index in [1.807, 2.05) is 4.90 Å². The minimum Gasteiger partial charge on any atom is -0.353 e. The Bertz CT molecular complexity index is 632. The van der Waals surface area contributed by atoms with Gasteiger partial charge in [0, 0.05) is 32.7 Å².